The second kappa shape index (κ2) is 5.75. The number of ether oxygens (including phenoxy) is 2. The maximum absolute atomic E-state index is 12.8. The fourth-order valence-electron chi connectivity index (χ4n) is 2.89. The Morgan fingerprint density at radius 3 is 3.00 bits per heavy atom. The third-order valence-electron chi connectivity index (χ3n) is 4.01. The van der Waals surface area contributed by atoms with E-state index in [4.69, 9.17) is 15.2 Å². The second-order valence-electron chi connectivity index (χ2n) is 5.43. The van der Waals surface area contributed by atoms with Gasteiger partial charge >= 0.3 is 0 Å². The number of nitrogens with two attached hydrogens (primary N) is 1. The second-order valence-corrected chi connectivity index (χ2v) is 8.05. The lowest BCUT2D eigenvalue weighted by atomic mass is 9.93. The first-order chi connectivity index (χ1) is 9.60. The van der Waals surface area contributed by atoms with Crippen molar-refractivity contribution in [1.82, 2.24) is 0 Å². The number of anilines is 1. The Morgan fingerprint density at radius 2 is 2.25 bits per heavy atom. The highest BCUT2D eigenvalue weighted by Gasteiger charge is 2.43. The predicted octanol–water partition coefficient (Wildman–Crippen LogP) is 2.48. The van der Waals surface area contributed by atoms with E-state index in [0.717, 1.165) is 35.2 Å². The molecule has 3 atom stereocenters. The summed E-state index contributed by atoms with van der Waals surface area (Å²) in [4.78, 5) is 0.723. The number of hydrogen-bond acceptors (Lipinski definition) is 4. The Labute approximate surface area is 129 Å². The predicted molar refractivity (Wildman–Crippen MR) is 82.1 cm³/mol. The summed E-state index contributed by atoms with van der Waals surface area (Å²) < 4.78 is 25.1. The van der Waals surface area contributed by atoms with Gasteiger partial charge in [-0.25, -0.2) is 0 Å². The van der Waals surface area contributed by atoms with Gasteiger partial charge in [0.25, 0.3) is 0 Å². The number of halogens is 1. The summed E-state index contributed by atoms with van der Waals surface area (Å²) >= 11 is 3.41. The summed E-state index contributed by atoms with van der Waals surface area (Å²) in [5.41, 5.74) is 6.34. The molecule has 0 saturated carbocycles. The molecule has 0 bridgehead atoms. The Hall–Kier alpha value is -0.430. The van der Waals surface area contributed by atoms with Gasteiger partial charge in [0, 0.05) is 35.0 Å². The molecule has 1 aromatic carbocycles. The van der Waals surface area contributed by atoms with E-state index in [9.17, 15) is 4.21 Å². The normalized spacial score (nSPS) is 31.6. The quantitative estimate of drug-likeness (QED) is 0.824. The zero-order chi connectivity index (χ0) is 14.2. The maximum atomic E-state index is 12.8. The van der Waals surface area contributed by atoms with Gasteiger partial charge < -0.3 is 15.2 Å². The number of rotatable bonds is 2. The van der Waals surface area contributed by atoms with Gasteiger partial charge in [0.05, 0.1) is 27.9 Å². The van der Waals surface area contributed by atoms with Crippen molar-refractivity contribution in [1.29, 1.82) is 0 Å². The number of nitrogen functional groups attached to an aromatic ring is 1. The van der Waals surface area contributed by atoms with E-state index in [1.165, 1.54) is 0 Å². The van der Waals surface area contributed by atoms with Crippen molar-refractivity contribution in [2.45, 2.75) is 35.0 Å². The largest absolute Gasteiger partial charge is 0.398 e. The van der Waals surface area contributed by atoms with Crippen molar-refractivity contribution in [3.63, 3.8) is 0 Å². The lowest BCUT2D eigenvalue weighted by Crippen LogP contribution is -2.43. The Kier molecular flexibility index (Phi) is 4.17. The van der Waals surface area contributed by atoms with Crippen LogP contribution in [0, 0.1) is 0 Å². The van der Waals surface area contributed by atoms with Crippen molar-refractivity contribution in [3.05, 3.63) is 22.7 Å². The smallest absolute Gasteiger partial charge is 0.0948 e. The summed E-state index contributed by atoms with van der Waals surface area (Å²) in [5.74, 6) is 0. The van der Waals surface area contributed by atoms with Crippen molar-refractivity contribution in [2.75, 3.05) is 25.6 Å². The summed E-state index contributed by atoms with van der Waals surface area (Å²) in [6.07, 6.45) is 2.49. The molecule has 4 nitrogen and oxygen atoms in total. The fraction of sp³-hybridized carbons (Fsp3) is 0.571. The molecular formula is C14H18BrNO3S. The van der Waals surface area contributed by atoms with Crippen LogP contribution in [0.15, 0.2) is 27.6 Å². The van der Waals surface area contributed by atoms with Gasteiger partial charge in [-0.15, -0.1) is 0 Å². The van der Waals surface area contributed by atoms with Gasteiger partial charge in [-0.05, 0) is 31.0 Å². The molecular weight excluding hydrogens is 342 g/mol. The highest BCUT2D eigenvalue weighted by Crippen LogP contribution is 2.37. The summed E-state index contributed by atoms with van der Waals surface area (Å²) in [5, 5.41) is 0.0852. The molecule has 2 aliphatic rings. The molecule has 1 aromatic rings. The minimum Gasteiger partial charge on any atom is -0.398 e. The van der Waals surface area contributed by atoms with Gasteiger partial charge in [0.15, 0.2) is 0 Å². The van der Waals surface area contributed by atoms with E-state index in [-0.39, 0.29) is 10.9 Å². The molecule has 0 amide bonds. The molecule has 2 saturated heterocycles. The van der Waals surface area contributed by atoms with Crippen LogP contribution < -0.4 is 5.73 Å². The zero-order valence-electron chi connectivity index (χ0n) is 11.1. The van der Waals surface area contributed by atoms with E-state index in [1.807, 2.05) is 12.1 Å². The highest BCUT2D eigenvalue weighted by atomic mass is 79.9. The first-order valence-corrected chi connectivity index (χ1v) is 8.78. The average Bonchev–Trinajstić information content (AvgIpc) is 2.88. The fourth-order valence-corrected chi connectivity index (χ4v) is 5.07. The standard InChI is InChI=1S/C14H18BrNO3S/c15-10-1-2-12(16)13(7-10)20(17)11-3-5-19-14(8-11)4-6-18-9-14/h1-2,7,11H,3-6,8-9,16H2. The van der Waals surface area contributed by atoms with Crippen LogP contribution in [0.2, 0.25) is 0 Å². The Bertz CT molecular complexity index is 531. The van der Waals surface area contributed by atoms with Crippen LogP contribution in [0.3, 0.4) is 0 Å². The topological polar surface area (TPSA) is 61.6 Å². The highest BCUT2D eigenvalue weighted by molar-refractivity contribution is 9.10. The van der Waals surface area contributed by atoms with Gasteiger partial charge in [-0.3, -0.25) is 4.21 Å². The molecule has 110 valence electrons. The van der Waals surface area contributed by atoms with E-state index in [2.05, 4.69) is 15.9 Å². The van der Waals surface area contributed by atoms with E-state index < -0.39 is 10.8 Å². The summed E-state index contributed by atoms with van der Waals surface area (Å²) in [6.45, 7) is 2.00. The van der Waals surface area contributed by atoms with Crippen LogP contribution in [0.5, 0.6) is 0 Å². The first kappa shape index (κ1) is 14.5. The van der Waals surface area contributed by atoms with Crippen LogP contribution in [-0.2, 0) is 20.3 Å². The lowest BCUT2D eigenvalue weighted by molar-refractivity contribution is -0.0774. The third kappa shape index (κ3) is 2.79. The molecule has 2 N–H and O–H groups in total. The molecule has 20 heavy (non-hydrogen) atoms. The zero-order valence-corrected chi connectivity index (χ0v) is 13.5. The molecule has 3 unspecified atom stereocenters. The van der Waals surface area contributed by atoms with Crippen molar-refractivity contribution in [3.8, 4) is 0 Å². The Morgan fingerprint density at radius 1 is 1.40 bits per heavy atom. The van der Waals surface area contributed by atoms with E-state index in [0.29, 0.717) is 18.9 Å². The average molecular weight is 360 g/mol. The van der Waals surface area contributed by atoms with Gasteiger partial charge in [0.1, 0.15) is 0 Å². The minimum atomic E-state index is -1.10. The van der Waals surface area contributed by atoms with Gasteiger partial charge in [0.2, 0.25) is 0 Å². The van der Waals surface area contributed by atoms with E-state index >= 15 is 0 Å². The van der Waals surface area contributed by atoms with E-state index in [1.54, 1.807) is 6.07 Å². The number of hydrogen-bond donors (Lipinski definition) is 1. The molecule has 2 aliphatic heterocycles. The summed E-state index contributed by atoms with van der Waals surface area (Å²) in [7, 11) is -1.10. The van der Waals surface area contributed by atoms with Crippen molar-refractivity contribution in [2.24, 2.45) is 0 Å². The van der Waals surface area contributed by atoms with Crippen LogP contribution >= 0.6 is 15.9 Å². The molecule has 0 aliphatic carbocycles. The Balaban J connectivity index is 1.81. The lowest BCUT2D eigenvalue weighted by Gasteiger charge is -2.36. The third-order valence-corrected chi connectivity index (χ3v) is 6.30. The molecule has 3 rings (SSSR count). The van der Waals surface area contributed by atoms with Gasteiger partial charge in [-0.2, -0.15) is 0 Å². The SMILES string of the molecule is Nc1ccc(Br)cc1S(=O)C1CCOC2(CCOC2)C1. The van der Waals surface area contributed by atoms with Crippen molar-refractivity contribution >= 4 is 32.4 Å². The van der Waals surface area contributed by atoms with Gasteiger partial charge in [-0.1, -0.05) is 15.9 Å². The molecule has 1 spiro atoms. The maximum Gasteiger partial charge on any atom is 0.0948 e. The van der Waals surface area contributed by atoms with Crippen molar-refractivity contribution < 1.29 is 13.7 Å². The summed E-state index contributed by atoms with van der Waals surface area (Å²) in [6, 6.07) is 5.52. The van der Waals surface area contributed by atoms with Crippen LogP contribution in [0.4, 0.5) is 5.69 Å². The molecule has 0 aromatic heterocycles. The minimum absolute atomic E-state index is 0.0852. The van der Waals surface area contributed by atoms with Crippen LogP contribution in [0.1, 0.15) is 19.3 Å². The molecule has 2 fully saturated rings. The molecule has 2 heterocycles. The molecule has 0 radical (unpaired) electrons. The monoisotopic (exact) mass is 359 g/mol. The molecule has 6 heteroatoms. The van der Waals surface area contributed by atoms with Crippen LogP contribution in [0.25, 0.3) is 0 Å². The number of benzene rings is 1. The first-order valence-electron chi connectivity index (χ1n) is 6.77. The van der Waals surface area contributed by atoms with Crippen LogP contribution in [-0.4, -0.2) is 34.9 Å².